The van der Waals surface area contributed by atoms with Crippen LogP contribution in [0.5, 0.6) is 0 Å². The van der Waals surface area contributed by atoms with Crippen molar-refractivity contribution in [2.45, 2.75) is 45.1 Å². The molecular weight excluding hydrogens is 446 g/mol. The number of fused-ring (bicyclic) bond motifs is 1. The largest absolute Gasteiger partial charge is 0.344 e. The maximum absolute atomic E-state index is 12.9. The van der Waals surface area contributed by atoms with E-state index in [0.717, 1.165) is 34.8 Å². The van der Waals surface area contributed by atoms with E-state index in [1.54, 1.807) is 23.3 Å². The van der Waals surface area contributed by atoms with E-state index in [0.29, 0.717) is 10.8 Å². The minimum absolute atomic E-state index is 0.00458. The molecular formula is C25H27N7OS. The van der Waals surface area contributed by atoms with Crippen molar-refractivity contribution in [3.8, 4) is 11.3 Å². The molecule has 0 spiro atoms. The molecule has 1 aromatic carbocycles. The predicted molar refractivity (Wildman–Crippen MR) is 133 cm³/mol. The van der Waals surface area contributed by atoms with Gasteiger partial charge in [0.15, 0.2) is 0 Å². The summed E-state index contributed by atoms with van der Waals surface area (Å²) in [4.78, 5) is 26.9. The molecule has 0 radical (unpaired) electrons. The Bertz CT molecular complexity index is 1350. The first-order valence-electron chi connectivity index (χ1n) is 11.3. The number of rotatable bonds is 5. The SMILES string of the molecule is Cn1cc(Nc2nccc(-c3ccc4c(c3)CCC4NC(=O)c3cnc(C(C)(C)C)s3)n2)cn1. The van der Waals surface area contributed by atoms with Crippen LogP contribution in [-0.2, 0) is 18.9 Å². The molecule has 174 valence electrons. The molecule has 34 heavy (non-hydrogen) atoms. The number of hydrogen-bond donors (Lipinski definition) is 2. The second-order valence-corrected chi connectivity index (χ2v) is 10.6. The lowest BCUT2D eigenvalue weighted by Gasteiger charge is -2.15. The van der Waals surface area contributed by atoms with Gasteiger partial charge in [0.25, 0.3) is 5.91 Å². The first-order chi connectivity index (χ1) is 16.3. The minimum atomic E-state index is -0.0616. The second-order valence-electron chi connectivity index (χ2n) is 9.55. The van der Waals surface area contributed by atoms with Crippen LogP contribution in [0.1, 0.15) is 59.0 Å². The quantitative estimate of drug-likeness (QED) is 0.432. The molecule has 0 fully saturated rings. The van der Waals surface area contributed by atoms with Crippen molar-refractivity contribution in [1.82, 2.24) is 30.0 Å². The molecule has 2 N–H and O–H groups in total. The van der Waals surface area contributed by atoms with Gasteiger partial charge >= 0.3 is 0 Å². The zero-order chi connectivity index (χ0) is 23.9. The molecule has 1 aliphatic rings. The van der Waals surface area contributed by atoms with Crippen LogP contribution in [0, 0.1) is 0 Å². The van der Waals surface area contributed by atoms with Crippen molar-refractivity contribution >= 4 is 28.9 Å². The second kappa shape index (κ2) is 8.64. The lowest BCUT2D eigenvalue weighted by Crippen LogP contribution is -2.26. The van der Waals surface area contributed by atoms with E-state index in [4.69, 9.17) is 0 Å². The first kappa shape index (κ1) is 22.2. The minimum Gasteiger partial charge on any atom is -0.344 e. The number of carbonyl (C=O) groups is 1. The molecule has 0 bridgehead atoms. The maximum atomic E-state index is 12.9. The van der Waals surface area contributed by atoms with Gasteiger partial charge in [-0.2, -0.15) is 5.10 Å². The molecule has 4 aromatic rings. The number of anilines is 2. The molecule has 9 heteroatoms. The van der Waals surface area contributed by atoms with Gasteiger partial charge < -0.3 is 10.6 Å². The van der Waals surface area contributed by atoms with Crippen molar-refractivity contribution in [2.24, 2.45) is 7.05 Å². The van der Waals surface area contributed by atoms with Gasteiger partial charge in [0.1, 0.15) is 4.88 Å². The number of nitrogens with zero attached hydrogens (tertiary/aromatic N) is 5. The summed E-state index contributed by atoms with van der Waals surface area (Å²) in [5.41, 5.74) is 5.05. The van der Waals surface area contributed by atoms with Gasteiger partial charge in [-0.25, -0.2) is 15.0 Å². The Morgan fingerprint density at radius 1 is 1.18 bits per heavy atom. The number of nitrogens with one attached hydrogen (secondary N) is 2. The van der Waals surface area contributed by atoms with Gasteiger partial charge in [0.2, 0.25) is 5.95 Å². The lowest BCUT2D eigenvalue weighted by molar-refractivity contribution is 0.0940. The monoisotopic (exact) mass is 473 g/mol. The average Bonchev–Trinajstić information content (AvgIpc) is 3.54. The number of aryl methyl sites for hydroxylation is 2. The number of carbonyl (C=O) groups excluding carboxylic acids is 1. The number of hydrogen-bond acceptors (Lipinski definition) is 7. The maximum Gasteiger partial charge on any atom is 0.263 e. The summed E-state index contributed by atoms with van der Waals surface area (Å²) in [5, 5.41) is 11.5. The van der Waals surface area contributed by atoms with Crippen LogP contribution >= 0.6 is 11.3 Å². The summed E-state index contributed by atoms with van der Waals surface area (Å²) in [7, 11) is 1.86. The summed E-state index contributed by atoms with van der Waals surface area (Å²) in [6.07, 6.45) is 8.83. The highest BCUT2D eigenvalue weighted by Crippen LogP contribution is 2.35. The molecule has 1 amide bonds. The van der Waals surface area contributed by atoms with Crippen molar-refractivity contribution in [2.75, 3.05) is 5.32 Å². The molecule has 1 aliphatic carbocycles. The average molecular weight is 474 g/mol. The zero-order valence-corrected chi connectivity index (χ0v) is 20.5. The van der Waals surface area contributed by atoms with Gasteiger partial charge in [-0.05, 0) is 36.1 Å². The molecule has 3 heterocycles. The Hall–Kier alpha value is -3.59. The Morgan fingerprint density at radius 2 is 2.03 bits per heavy atom. The van der Waals surface area contributed by atoms with E-state index in [9.17, 15) is 4.79 Å². The molecule has 1 atom stereocenters. The fourth-order valence-electron chi connectivity index (χ4n) is 4.08. The van der Waals surface area contributed by atoms with Crippen molar-refractivity contribution < 1.29 is 4.79 Å². The van der Waals surface area contributed by atoms with Crippen LogP contribution in [0.3, 0.4) is 0 Å². The summed E-state index contributed by atoms with van der Waals surface area (Å²) >= 11 is 1.47. The number of thiazole rings is 1. The highest BCUT2D eigenvalue weighted by molar-refractivity contribution is 7.13. The Morgan fingerprint density at radius 3 is 2.76 bits per heavy atom. The van der Waals surface area contributed by atoms with Gasteiger partial charge in [-0.1, -0.05) is 32.9 Å². The van der Waals surface area contributed by atoms with Crippen LogP contribution in [0.2, 0.25) is 0 Å². The van der Waals surface area contributed by atoms with E-state index in [1.807, 2.05) is 19.3 Å². The van der Waals surface area contributed by atoms with Crippen LogP contribution in [0.25, 0.3) is 11.3 Å². The lowest BCUT2D eigenvalue weighted by atomic mass is 9.98. The summed E-state index contributed by atoms with van der Waals surface area (Å²) in [6, 6.07) is 8.24. The highest BCUT2D eigenvalue weighted by atomic mass is 32.1. The van der Waals surface area contributed by atoms with Crippen LogP contribution in [-0.4, -0.2) is 30.6 Å². The third kappa shape index (κ3) is 4.56. The summed E-state index contributed by atoms with van der Waals surface area (Å²) < 4.78 is 1.72. The van der Waals surface area contributed by atoms with Crippen molar-refractivity contribution in [1.29, 1.82) is 0 Å². The molecule has 3 aromatic heterocycles. The third-order valence-electron chi connectivity index (χ3n) is 5.81. The van der Waals surface area contributed by atoms with Gasteiger partial charge in [0.05, 0.1) is 34.8 Å². The van der Waals surface area contributed by atoms with E-state index in [2.05, 4.69) is 69.7 Å². The topological polar surface area (TPSA) is 97.6 Å². The molecule has 8 nitrogen and oxygen atoms in total. The molecule has 1 unspecified atom stereocenters. The van der Waals surface area contributed by atoms with E-state index in [-0.39, 0.29) is 17.4 Å². The summed E-state index contributed by atoms with van der Waals surface area (Å²) in [5.74, 6) is 0.465. The van der Waals surface area contributed by atoms with Gasteiger partial charge in [-0.3, -0.25) is 9.48 Å². The standard InChI is InChI=1S/C25H27N7OS/c1-25(2,3)23-27-13-21(34-23)22(33)30-20-8-6-15-11-16(5-7-18(15)20)19-9-10-26-24(31-19)29-17-12-28-32(4)14-17/h5,7,9-14,20H,6,8H2,1-4H3,(H,30,33)(H,26,29,31). The first-order valence-corrected chi connectivity index (χ1v) is 12.1. The van der Waals surface area contributed by atoms with Crippen LogP contribution in [0.15, 0.2) is 49.1 Å². The highest BCUT2D eigenvalue weighted by Gasteiger charge is 2.26. The number of amides is 1. The summed E-state index contributed by atoms with van der Waals surface area (Å²) in [6.45, 7) is 6.32. The zero-order valence-electron chi connectivity index (χ0n) is 19.7. The predicted octanol–water partition coefficient (Wildman–Crippen LogP) is 4.79. The van der Waals surface area contributed by atoms with Crippen LogP contribution in [0.4, 0.5) is 11.6 Å². The van der Waals surface area contributed by atoms with E-state index < -0.39 is 0 Å². The Balaban J connectivity index is 1.31. The van der Waals surface area contributed by atoms with Gasteiger partial charge in [0, 0.05) is 30.4 Å². The fraction of sp³-hybridized carbons (Fsp3) is 0.320. The van der Waals surface area contributed by atoms with Crippen LogP contribution < -0.4 is 10.6 Å². The van der Waals surface area contributed by atoms with Gasteiger partial charge in [-0.15, -0.1) is 11.3 Å². The van der Waals surface area contributed by atoms with E-state index in [1.165, 1.54) is 22.5 Å². The van der Waals surface area contributed by atoms with Crippen molar-refractivity contribution in [3.05, 3.63) is 70.1 Å². The molecule has 5 rings (SSSR count). The smallest absolute Gasteiger partial charge is 0.263 e. The molecule has 0 saturated heterocycles. The van der Waals surface area contributed by atoms with Crippen molar-refractivity contribution in [3.63, 3.8) is 0 Å². The normalized spacial score (nSPS) is 15.2. The Kier molecular flexibility index (Phi) is 5.65. The number of benzene rings is 1. The van der Waals surface area contributed by atoms with E-state index >= 15 is 0 Å². The number of aromatic nitrogens is 5. The molecule has 0 saturated carbocycles. The molecule has 0 aliphatic heterocycles. The third-order valence-corrected chi connectivity index (χ3v) is 7.23. The Labute approximate surface area is 202 Å². The fourth-order valence-corrected chi connectivity index (χ4v) is 4.95.